The number of carbonyl (C=O) groups is 2. The molecule has 27 heavy (non-hydrogen) atoms. The lowest BCUT2D eigenvalue weighted by atomic mass is 10.1. The van der Waals surface area contributed by atoms with Crippen molar-refractivity contribution in [2.75, 3.05) is 5.32 Å². The van der Waals surface area contributed by atoms with Crippen LogP contribution in [0.5, 0.6) is 5.75 Å². The van der Waals surface area contributed by atoms with Gasteiger partial charge in [-0.25, -0.2) is 0 Å². The molecule has 144 valence electrons. The number of hydrogen-bond donors (Lipinski definition) is 2. The maximum Gasteiger partial charge on any atom is 0.265 e. The molecule has 2 amide bonds. The van der Waals surface area contributed by atoms with Crippen LogP contribution in [0, 0.1) is 0 Å². The van der Waals surface area contributed by atoms with Crippen LogP contribution >= 0.6 is 0 Å². The van der Waals surface area contributed by atoms with Crippen LogP contribution in [0.2, 0.25) is 0 Å². The van der Waals surface area contributed by atoms with Crippen molar-refractivity contribution < 1.29 is 14.3 Å². The van der Waals surface area contributed by atoms with Gasteiger partial charge in [-0.1, -0.05) is 32.0 Å². The molecule has 0 radical (unpaired) electrons. The van der Waals surface area contributed by atoms with Crippen LogP contribution in [-0.2, 0) is 11.2 Å². The Balaban J connectivity index is 1.97. The summed E-state index contributed by atoms with van der Waals surface area (Å²) in [5.74, 6) is 0.228. The number of hydrogen-bond acceptors (Lipinski definition) is 3. The average Bonchev–Trinajstić information content (AvgIpc) is 2.68. The third-order valence-electron chi connectivity index (χ3n) is 4.40. The molecule has 0 spiro atoms. The minimum Gasteiger partial charge on any atom is -0.481 e. The molecule has 0 heterocycles. The highest BCUT2D eigenvalue weighted by Crippen LogP contribution is 2.16. The van der Waals surface area contributed by atoms with E-state index in [1.165, 1.54) is 5.56 Å². The number of rotatable bonds is 8. The number of anilines is 1. The summed E-state index contributed by atoms with van der Waals surface area (Å²) in [7, 11) is 0. The summed E-state index contributed by atoms with van der Waals surface area (Å²) < 4.78 is 5.70. The Morgan fingerprint density at radius 1 is 1.04 bits per heavy atom. The van der Waals surface area contributed by atoms with Gasteiger partial charge in [0, 0.05) is 17.3 Å². The van der Waals surface area contributed by atoms with Crippen molar-refractivity contribution >= 4 is 17.5 Å². The van der Waals surface area contributed by atoms with Crippen LogP contribution < -0.4 is 15.4 Å². The normalized spacial score (nSPS) is 12.7. The Morgan fingerprint density at radius 3 is 2.37 bits per heavy atom. The van der Waals surface area contributed by atoms with E-state index in [4.69, 9.17) is 4.74 Å². The zero-order chi connectivity index (χ0) is 19.8. The second-order valence-corrected chi connectivity index (χ2v) is 6.61. The van der Waals surface area contributed by atoms with E-state index in [9.17, 15) is 9.59 Å². The topological polar surface area (TPSA) is 67.4 Å². The van der Waals surface area contributed by atoms with Crippen LogP contribution in [0.25, 0.3) is 0 Å². The number of amides is 2. The van der Waals surface area contributed by atoms with E-state index in [0.717, 1.165) is 12.8 Å². The van der Waals surface area contributed by atoms with E-state index in [-0.39, 0.29) is 17.9 Å². The van der Waals surface area contributed by atoms with Gasteiger partial charge in [0.2, 0.25) is 0 Å². The van der Waals surface area contributed by atoms with Crippen LogP contribution in [-0.4, -0.2) is 24.0 Å². The summed E-state index contributed by atoms with van der Waals surface area (Å²) in [5, 5.41) is 5.72. The molecule has 0 fully saturated rings. The van der Waals surface area contributed by atoms with Gasteiger partial charge in [-0.2, -0.15) is 0 Å². The van der Waals surface area contributed by atoms with Gasteiger partial charge in [0.05, 0.1) is 0 Å². The summed E-state index contributed by atoms with van der Waals surface area (Å²) in [6.45, 7) is 7.75. The summed E-state index contributed by atoms with van der Waals surface area (Å²) in [5.41, 5.74) is 2.29. The van der Waals surface area contributed by atoms with Crippen LogP contribution in [0.1, 0.15) is 50.0 Å². The fourth-order valence-electron chi connectivity index (χ4n) is 2.45. The minimum absolute atomic E-state index is 0.100. The Kier molecular flexibility index (Phi) is 7.41. The first-order valence-corrected chi connectivity index (χ1v) is 9.40. The Morgan fingerprint density at radius 2 is 1.74 bits per heavy atom. The highest BCUT2D eigenvalue weighted by molar-refractivity contribution is 5.98. The second kappa shape index (κ2) is 9.76. The zero-order valence-corrected chi connectivity index (χ0v) is 16.4. The smallest absolute Gasteiger partial charge is 0.265 e. The molecule has 0 bridgehead atoms. The van der Waals surface area contributed by atoms with Crippen LogP contribution in [0.15, 0.2) is 48.5 Å². The first-order chi connectivity index (χ1) is 12.9. The number of benzene rings is 2. The molecule has 2 aromatic rings. The fourth-order valence-corrected chi connectivity index (χ4v) is 2.45. The first kappa shape index (κ1) is 20.5. The van der Waals surface area contributed by atoms with Gasteiger partial charge in [0.1, 0.15) is 5.75 Å². The summed E-state index contributed by atoms with van der Waals surface area (Å²) >= 11 is 0. The van der Waals surface area contributed by atoms with Crippen molar-refractivity contribution in [2.24, 2.45) is 0 Å². The third kappa shape index (κ3) is 6.13. The van der Waals surface area contributed by atoms with Crippen LogP contribution in [0.4, 0.5) is 5.69 Å². The minimum atomic E-state index is -0.657. The van der Waals surface area contributed by atoms with Crippen molar-refractivity contribution in [1.82, 2.24) is 5.32 Å². The Labute approximate surface area is 161 Å². The van der Waals surface area contributed by atoms with E-state index >= 15 is 0 Å². The van der Waals surface area contributed by atoms with E-state index in [2.05, 4.69) is 17.6 Å². The largest absolute Gasteiger partial charge is 0.481 e. The maximum atomic E-state index is 12.4. The second-order valence-electron chi connectivity index (χ2n) is 6.61. The fraction of sp³-hybridized carbons (Fsp3) is 0.364. The standard InChI is InChI=1S/C22H28N2O3/c1-5-15(3)23-22(26)18-8-7-9-19(14-18)24-21(25)16(4)27-20-12-10-17(6-2)11-13-20/h7-16H,5-6H2,1-4H3,(H,23,26)(H,24,25). The molecule has 0 saturated heterocycles. The maximum absolute atomic E-state index is 12.4. The SMILES string of the molecule is CCc1ccc(OC(C)C(=O)Nc2cccc(C(=O)NC(C)CC)c2)cc1. The lowest BCUT2D eigenvalue weighted by molar-refractivity contribution is -0.122. The number of carbonyl (C=O) groups excluding carboxylic acids is 2. The van der Waals surface area contributed by atoms with Gasteiger partial charge in [-0.3, -0.25) is 9.59 Å². The van der Waals surface area contributed by atoms with Crippen molar-refractivity contribution in [3.8, 4) is 5.75 Å². The number of nitrogens with one attached hydrogen (secondary N) is 2. The molecular weight excluding hydrogens is 340 g/mol. The predicted molar refractivity (Wildman–Crippen MR) is 108 cm³/mol. The summed E-state index contributed by atoms with van der Waals surface area (Å²) in [6.07, 6.45) is 1.16. The van der Waals surface area contributed by atoms with Crippen molar-refractivity contribution in [3.63, 3.8) is 0 Å². The Bertz CT molecular complexity index is 771. The summed E-state index contributed by atoms with van der Waals surface area (Å²) in [4.78, 5) is 24.6. The predicted octanol–water partition coefficient (Wildman–Crippen LogP) is 4.18. The van der Waals surface area contributed by atoms with Gasteiger partial charge < -0.3 is 15.4 Å². The molecule has 0 aliphatic heterocycles. The van der Waals surface area contributed by atoms with Gasteiger partial charge in [-0.15, -0.1) is 0 Å². The molecule has 2 N–H and O–H groups in total. The van der Waals surface area contributed by atoms with E-state index < -0.39 is 6.10 Å². The molecule has 0 aromatic heterocycles. The molecule has 2 unspecified atom stereocenters. The Hall–Kier alpha value is -2.82. The molecule has 5 nitrogen and oxygen atoms in total. The highest BCUT2D eigenvalue weighted by Gasteiger charge is 2.16. The summed E-state index contributed by atoms with van der Waals surface area (Å²) in [6, 6.07) is 14.7. The quantitative estimate of drug-likeness (QED) is 0.734. The van der Waals surface area contributed by atoms with Crippen LogP contribution in [0.3, 0.4) is 0 Å². The third-order valence-corrected chi connectivity index (χ3v) is 4.40. The lowest BCUT2D eigenvalue weighted by Gasteiger charge is -2.16. The molecular formula is C22H28N2O3. The van der Waals surface area contributed by atoms with Gasteiger partial charge in [0.15, 0.2) is 6.10 Å². The molecule has 0 aliphatic rings. The molecule has 2 atom stereocenters. The van der Waals surface area contributed by atoms with Gasteiger partial charge in [-0.05, 0) is 62.6 Å². The van der Waals surface area contributed by atoms with E-state index in [1.807, 2.05) is 38.1 Å². The monoisotopic (exact) mass is 368 g/mol. The first-order valence-electron chi connectivity index (χ1n) is 9.40. The van der Waals surface area contributed by atoms with E-state index in [1.54, 1.807) is 31.2 Å². The van der Waals surface area contributed by atoms with Gasteiger partial charge in [0.25, 0.3) is 11.8 Å². The number of ether oxygens (including phenoxy) is 1. The number of aryl methyl sites for hydroxylation is 1. The molecule has 0 saturated carbocycles. The average molecular weight is 368 g/mol. The van der Waals surface area contributed by atoms with E-state index in [0.29, 0.717) is 17.0 Å². The van der Waals surface area contributed by atoms with Crippen molar-refractivity contribution in [1.29, 1.82) is 0 Å². The molecule has 5 heteroatoms. The molecule has 0 aliphatic carbocycles. The van der Waals surface area contributed by atoms with Crippen molar-refractivity contribution in [3.05, 3.63) is 59.7 Å². The van der Waals surface area contributed by atoms with Gasteiger partial charge >= 0.3 is 0 Å². The zero-order valence-electron chi connectivity index (χ0n) is 16.4. The van der Waals surface area contributed by atoms with Crippen molar-refractivity contribution in [2.45, 2.75) is 52.7 Å². The lowest BCUT2D eigenvalue weighted by Crippen LogP contribution is -2.32. The highest BCUT2D eigenvalue weighted by atomic mass is 16.5. The molecule has 2 rings (SSSR count). The molecule has 2 aromatic carbocycles.